The van der Waals surface area contributed by atoms with Crippen molar-refractivity contribution >= 4 is 47.0 Å². The number of Topliss-reactive ketones (excluding diaryl/α,β-unsaturated/α-hetero) is 2. The maximum Gasteiger partial charge on any atom is 0.339 e. The number of unbranched alkanes of at least 4 members (excludes halogenated alkanes) is 2. The average Bonchev–Trinajstić information content (AvgIpc) is 3.48. The van der Waals surface area contributed by atoms with E-state index >= 15 is 0 Å². The molecule has 0 atom stereocenters. The summed E-state index contributed by atoms with van der Waals surface area (Å²) in [7, 11) is 0. The quantitative estimate of drug-likeness (QED) is 0.146. The van der Waals surface area contributed by atoms with E-state index in [0.29, 0.717) is 47.3 Å². The van der Waals surface area contributed by atoms with Crippen molar-refractivity contribution in [1.82, 2.24) is 0 Å². The summed E-state index contributed by atoms with van der Waals surface area (Å²) in [5.41, 5.74) is 1.21. The van der Waals surface area contributed by atoms with E-state index in [1.807, 2.05) is 0 Å². The van der Waals surface area contributed by atoms with Crippen molar-refractivity contribution in [2.24, 2.45) is 0 Å². The lowest BCUT2D eigenvalue weighted by Crippen LogP contribution is -2.12. The topological polar surface area (TPSA) is 105 Å². The molecule has 10 heteroatoms. The third kappa shape index (κ3) is 6.86. The zero-order chi connectivity index (χ0) is 28.5. The Bertz CT molecular complexity index is 1220. The number of thioether (sulfide) groups is 2. The number of carbonyl (C=O) groups excluding carboxylic acids is 4. The predicted octanol–water partition coefficient (Wildman–Crippen LogP) is 6.12. The molecule has 0 saturated carbocycles. The molecule has 2 aliphatic heterocycles. The molecule has 2 aromatic rings. The lowest BCUT2D eigenvalue weighted by Gasteiger charge is -2.08. The molecule has 0 fully saturated rings. The maximum atomic E-state index is 13.4. The molecule has 0 unspecified atom stereocenters. The van der Waals surface area contributed by atoms with Crippen LogP contribution in [0, 0.1) is 0 Å². The molecule has 40 heavy (non-hydrogen) atoms. The third-order valence-electron chi connectivity index (χ3n) is 6.19. The van der Waals surface area contributed by atoms with E-state index in [-0.39, 0.29) is 45.7 Å². The Labute approximate surface area is 242 Å². The Morgan fingerprint density at radius 1 is 0.625 bits per heavy atom. The van der Waals surface area contributed by atoms with E-state index in [1.165, 1.54) is 0 Å². The van der Waals surface area contributed by atoms with Gasteiger partial charge in [-0.1, -0.05) is 62.3 Å². The molecule has 8 nitrogen and oxygen atoms in total. The SMILES string of the molecule is CCCCOCCOC(=O)c1cccc2c1S/C(=C1\Sc3c(C(=O)OCCOCCCC)cccc3C1=O)C2=O. The minimum atomic E-state index is -0.556. The first-order valence-electron chi connectivity index (χ1n) is 13.4. The fourth-order valence-electron chi connectivity index (χ4n) is 4.05. The van der Waals surface area contributed by atoms with Crippen LogP contribution in [0.4, 0.5) is 0 Å². The minimum absolute atomic E-state index is 0.103. The van der Waals surface area contributed by atoms with Crippen LogP contribution < -0.4 is 0 Å². The van der Waals surface area contributed by atoms with Crippen LogP contribution in [0.1, 0.15) is 81.0 Å². The fourth-order valence-corrected chi connectivity index (χ4v) is 6.55. The second-order valence-electron chi connectivity index (χ2n) is 9.09. The van der Waals surface area contributed by atoms with Gasteiger partial charge in [-0.15, -0.1) is 0 Å². The van der Waals surface area contributed by atoms with Gasteiger partial charge in [0.25, 0.3) is 0 Å². The Morgan fingerprint density at radius 2 is 1.05 bits per heavy atom. The van der Waals surface area contributed by atoms with Crippen molar-refractivity contribution in [3.8, 4) is 0 Å². The van der Waals surface area contributed by atoms with Gasteiger partial charge in [-0.2, -0.15) is 0 Å². The van der Waals surface area contributed by atoms with Gasteiger partial charge in [-0.25, -0.2) is 9.59 Å². The minimum Gasteiger partial charge on any atom is -0.460 e. The van der Waals surface area contributed by atoms with Gasteiger partial charge >= 0.3 is 11.9 Å². The van der Waals surface area contributed by atoms with Crippen LogP contribution in [-0.2, 0) is 18.9 Å². The highest BCUT2D eigenvalue weighted by Gasteiger charge is 2.39. The van der Waals surface area contributed by atoms with Gasteiger partial charge in [-0.3, -0.25) is 9.59 Å². The summed E-state index contributed by atoms with van der Waals surface area (Å²) < 4.78 is 21.6. The molecule has 2 heterocycles. The zero-order valence-corrected chi connectivity index (χ0v) is 24.3. The number of rotatable bonds is 14. The second-order valence-corrected chi connectivity index (χ2v) is 11.1. The molecule has 2 aromatic carbocycles. The largest absolute Gasteiger partial charge is 0.460 e. The van der Waals surface area contributed by atoms with Crippen LogP contribution in [-0.4, -0.2) is 63.1 Å². The van der Waals surface area contributed by atoms with Gasteiger partial charge < -0.3 is 18.9 Å². The molecule has 0 aliphatic carbocycles. The van der Waals surface area contributed by atoms with Crippen LogP contribution >= 0.6 is 23.5 Å². The van der Waals surface area contributed by atoms with E-state index in [0.717, 1.165) is 49.2 Å². The third-order valence-corrected chi connectivity index (χ3v) is 8.80. The summed E-state index contributed by atoms with van der Waals surface area (Å²) >= 11 is 2.16. The predicted molar refractivity (Wildman–Crippen MR) is 152 cm³/mol. The lowest BCUT2D eigenvalue weighted by molar-refractivity contribution is 0.0305. The molecule has 0 N–H and O–H groups in total. The highest BCUT2D eigenvalue weighted by molar-refractivity contribution is 8.08. The first kappa shape index (κ1) is 30.0. The number of fused-ring (bicyclic) bond motifs is 2. The Balaban J connectivity index is 1.47. The number of hydrogen-bond acceptors (Lipinski definition) is 10. The highest BCUT2D eigenvalue weighted by Crippen LogP contribution is 2.51. The van der Waals surface area contributed by atoms with E-state index in [9.17, 15) is 19.2 Å². The number of ether oxygens (including phenoxy) is 4. The molecule has 212 valence electrons. The van der Waals surface area contributed by atoms with Crippen molar-refractivity contribution in [3.63, 3.8) is 0 Å². The normalized spacial score (nSPS) is 15.8. The highest BCUT2D eigenvalue weighted by atomic mass is 32.2. The summed E-state index contributed by atoms with van der Waals surface area (Å²) in [5.74, 6) is -1.79. The monoisotopic (exact) mass is 584 g/mol. The number of hydrogen-bond donors (Lipinski definition) is 0. The van der Waals surface area contributed by atoms with Crippen molar-refractivity contribution < 1.29 is 38.1 Å². The van der Waals surface area contributed by atoms with Gasteiger partial charge in [0.05, 0.1) is 34.2 Å². The molecule has 0 bridgehead atoms. The van der Waals surface area contributed by atoms with E-state index in [4.69, 9.17) is 18.9 Å². The summed E-state index contributed by atoms with van der Waals surface area (Å²) in [4.78, 5) is 53.7. The van der Waals surface area contributed by atoms with E-state index in [1.54, 1.807) is 36.4 Å². The lowest BCUT2D eigenvalue weighted by atomic mass is 10.0. The second kappa shape index (κ2) is 14.6. The first-order chi connectivity index (χ1) is 19.5. The molecule has 0 amide bonds. The number of ketones is 2. The molecule has 0 radical (unpaired) electrons. The van der Waals surface area contributed by atoms with Gasteiger partial charge in [0.15, 0.2) is 0 Å². The van der Waals surface area contributed by atoms with Crippen molar-refractivity contribution in [2.45, 2.75) is 49.3 Å². The molecule has 0 aromatic heterocycles. The van der Waals surface area contributed by atoms with Crippen LogP contribution in [0.3, 0.4) is 0 Å². The van der Waals surface area contributed by atoms with Crippen LogP contribution in [0.5, 0.6) is 0 Å². The van der Waals surface area contributed by atoms with Crippen molar-refractivity contribution in [2.75, 3.05) is 39.6 Å². The Morgan fingerprint density at radius 3 is 1.45 bits per heavy atom. The molecule has 0 spiro atoms. The summed E-state index contributed by atoms with van der Waals surface area (Å²) in [6.07, 6.45) is 3.91. The number of allylic oxidation sites excluding steroid dienone is 2. The van der Waals surface area contributed by atoms with Crippen molar-refractivity contribution in [1.29, 1.82) is 0 Å². The van der Waals surface area contributed by atoms with Crippen LogP contribution in [0.25, 0.3) is 0 Å². The van der Waals surface area contributed by atoms with Gasteiger partial charge in [0.2, 0.25) is 11.6 Å². The van der Waals surface area contributed by atoms with Gasteiger partial charge in [0.1, 0.15) is 13.2 Å². The number of benzene rings is 2. The average molecular weight is 585 g/mol. The van der Waals surface area contributed by atoms with Crippen molar-refractivity contribution in [3.05, 3.63) is 68.5 Å². The van der Waals surface area contributed by atoms with E-state index in [2.05, 4.69) is 13.8 Å². The summed E-state index contributed by atoms with van der Waals surface area (Å²) in [6.45, 7) is 6.15. The molecular weight excluding hydrogens is 552 g/mol. The molecular formula is C30H32O8S2. The summed E-state index contributed by atoms with van der Waals surface area (Å²) in [5, 5.41) is 0. The van der Waals surface area contributed by atoms with Gasteiger partial charge in [0, 0.05) is 34.1 Å². The first-order valence-corrected chi connectivity index (χ1v) is 15.1. The zero-order valence-electron chi connectivity index (χ0n) is 22.6. The maximum absolute atomic E-state index is 13.4. The molecule has 4 rings (SSSR count). The summed E-state index contributed by atoms with van der Waals surface area (Å²) in [6, 6.07) is 9.71. The Kier molecular flexibility index (Phi) is 11.0. The molecule has 0 saturated heterocycles. The van der Waals surface area contributed by atoms with Crippen LogP contribution in [0.2, 0.25) is 0 Å². The number of carbonyl (C=O) groups is 4. The smallest absolute Gasteiger partial charge is 0.339 e. The van der Waals surface area contributed by atoms with Gasteiger partial charge in [-0.05, 0) is 37.1 Å². The molecule has 2 aliphatic rings. The van der Waals surface area contributed by atoms with E-state index < -0.39 is 11.9 Å². The Hall–Kier alpha value is -2.92. The fraction of sp³-hybridized carbons (Fsp3) is 0.400. The standard InChI is InChI=1S/C30H32O8S2/c1-3-5-13-35-15-17-37-29(33)21-11-7-9-19-23(31)27(39-25(19)21)28-24(32)20-10-8-12-22(26(20)40-28)30(34)38-18-16-36-14-6-4-2/h7-12H,3-6,13-18H2,1-2H3/b28-27-. The number of esters is 2. The van der Waals surface area contributed by atoms with Crippen LogP contribution in [0.15, 0.2) is 56.0 Å².